The number of carbonyl (C=O) groups is 1. The van der Waals surface area contributed by atoms with Gasteiger partial charge in [-0.05, 0) is 29.3 Å². The maximum absolute atomic E-state index is 11.4. The molecule has 2 aliphatic heterocycles. The van der Waals surface area contributed by atoms with Crippen molar-refractivity contribution < 1.29 is 19.0 Å². The molecule has 0 aromatic heterocycles. The number of rotatable bonds is 16. The summed E-state index contributed by atoms with van der Waals surface area (Å²) in [5.74, 6) is 1.19. The summed E-state index contributed by atoms with van der Waals surface area (Å²) >= 11 is 0. The molecule has 2 atom stereocenters. The monoisotopic (exact) mass is 482 g/mol. The molecule has 20 radical (unpaired) electrons. The van der Waals surface area contributed by atoms with E-state index in [9.17, 15) is 4.79 Å². The highest BCUT2D eigenvalue weighted by molar-refractivity contribution is 8.01. The molecular weight excluding hydrogens is 460 g/mol. The lowest BCUT2D eigenvalue weighted by Crippen LogP contribution is -2.63. The van der Waals surface area contributed by atoms with Gasteiger partial charge in [0.2, 0.25) is 0 Å². The van der Waals surface area contributed by atoms with E-state index < -0.39 is 38.3 Å². The summed E-state index contributed by atoms with van der Waals surface area (Å²) in [4.78, 5) is 11.4. The van der Waals surface area contributed by atoms with E-state index >= 15 is 0 Å². The van der Waals surface area contributed by atoms with Crippen molar-refractivity contribution in [2.75, 3.05) is 13.2 Å². The third-order valence-electron chi connectivity index (χ3n) is 7.92. The van der Waals surface area contributed by atoms with Crippen LogP contribution < -0.4 is 9.47 Å². The lowest BCUT2D eigenvalue weighted by atomic mass is 8.57. The molecule has 0 aliphatic carbocycles. The first kappa shape index (κ1) is 33.1. The van der Waals surface area contributed by atoms with Gasteiger partial charge in [-0.2, -0.15) is 0 Å². The van der Waals surface area contributed by atoms with Gasteiger partial charge in [0.05, 0.1) is 26.4 Å². The Morgan fingerprint density at radius 1 is 0.744 bits per heavy atom. The van der Waals surface area contributed by atoms with Crippen LogP contribution in [0.25, 0.3) is 0 Å². The summed E-state index contributed by atoms with van der Waals surface area (Å²) in [6.07, 6.45) is -2.44. The minimum absolute atomic E-state index is 0.0850. The Morgan fingerprint density at radius 3 is 1.49 bits per heavy atom. The van der Waals surface area contributed by atoms with E-state index in [2.05, 4.69) is 0 Å². The van der Waals surface area contributed by atoms with Crippen molar-refractivity contribution in [3.05, 3.63) is 23.8 Å². The molecule has 4 nitrogen and oxygen atoms in total. The Balaban J connectivity index is 1.62. The third kappa shape index (κ3) is 9.55. The second-order valence-electron chi connectivity index (χ2n) is 11.2. The molecule has 0 N–H and O–H groups in total. The number of hydrogen-bond donors (Lipinski definition) is 0. The van der Waals surface area contributed by atoms with Crippen LogP contribution in [0.15, 0.2) is 18.2 Å². The first-order chi connectivity index (χ1) is 18.3. The molecule has 2 heterocycles. The summed E-state index contributed by atoms with van der Waals surface area (Å²) in [7, 11) is 59.4. The minimum atomic E-state index is -0.714. The maximum atomic E-state index is 11.4. The number of benzene rings is 1. The van der Waals surface area contributed by atoms with Crippen molar-refractivity contribution in [1.29, 1.82) is 0 Å². The molecular formula is C15H18B20O4. The molecule has 39 heavy (non-hydrogen) atoms. The van der Waals surface area contributed by atoms with Crippen molar-refractivity contribution in [3.8, 4) is 11.5 Å². The summed E-state index contributed by atoms with van der Waals surface area (Å²) in [6.45, 7) is 2.61. The average Bonchev–Trinajstić information content (AvgIpc) is 3.77. The van der Waals surface area contributed by atoms with Gasteiger partial charge in [-0.15, -0.1) is 0 Å². The van der Waals surface area contributed by atoms with Gasteiger partial charge in [0, 0.05) is 141 Å². The first-order valence-corrected chi connectivity index (χ1v) is 13.4. The average molecular weight is 479 g/mol. The Morgan fingerprint density at radius 2 is 1.15 bits per heavy atom. The van der Waals surface area contributed by atoms with Crippen LogP contribution in [0.5, 0.6) is 11.5 Å². The zero-order valence-corrected chi connectivity index (χ0v) is 22.6. The topological polar surface area (TPSA) is 44.8 Å². The lowest BCUT2D eigenvalue weighted by molar-refractivity contribution is -0.142. The van der Waals surface area contributed by atoms with Gasteiger partial charge in [0.1, 0.15) is 18.1 Å². The Hall–Kier alpha value is -0.411. The molecule has 0 bridgehead atoms. The van der Waals surface area contributed by atoms with E-state index in [0.717, 1.165) is 18.2 Å². The summed E-state index contributed by atoms with van der Waals surface area (Å²) < 4.78 is 17.4. The summed E-state index contributed by atoms with van der Waals surface area (Å²) in [6, 6.07) is 5.42. The zero-order chi connectivity index (χ0) is 29.0. The smallest absolute Gasteiger partial charge is 0.302 e. The van der Waals surface area contributed by atoms with Crippen molar-refractivity contribution in [2.24, 2.45) is 0 Å². The molecule has 0 saturated carbocycles. The normalized spacial score (nSPS) is 16.9. The van der Waals surface area contributed by atoms with Crippen LogP contribution in [-0.4, -0.2) is 161 Å². The van der Waals surface area contributed by atoms with Crippen LogP contribution in [0.4, 0.5) is 0 Å². The fourth-order valence-electron chi connectivity index (χ4n) is 5.51. The van der Waals surface area contributed by atoms with Crippen LogP contribution in [0, 0.1) is 0 Å². The van der Waals surface area contributed by atoms with Gasteiger partial charge in [-0.1, -0.05) is 12.6 Å². The van der Waals surface area contributed by atoms with E-state index in [0.29, 0.717) is 24.7 Å². The van der Waals surface area contributed by atoms with Crippen LogP contribution in [0.1, 0.15) is 12.5 Å². The molecule has 162 valence electrons. The SMILES string of the molecule is [B]B([B])B([B])B(B([B])[B])B1CC1COc1cc(COC(C)=O)cc(OCC2CB2B(B([B])[B])B([B])B([B])[B])c1. The van der Waals surface area contributed by atoms with Gasteiger partial charge in [-0.25, -0.2) is 0 Å². The molecule has 24 heteroatoms. The highest BCUT2D eigenvalue weighted by atomic mass is 16.5. The molecule has 3 rings (SSSR count). The van der Waals surface area contributed by atoms with E-state index in [1.54, 1.807) is 6.07 Å². The Kier molecular flexibility index (Phi) is 12.4. The van der Waals surface area contributed by atoms with E-state index in [1.807, 2.05) is 12.1 Å². The van der Waals surface area contributed by atoms with Crippen molar-refractivity contribution in [2.45, 2.75) is 37.8 Å². The zero-order valence-electron chi connectivity index (χ0n) is 22.6. The Bertz CT molecular complexity index is 891. The fraction of sp³-hybridized carbons (Fsp3) is 0.533. The number of esters is 1. The quantitative estimate of drug-likeness (QED) is 0.178. The maximum Gasteiger partial charge on any atom is 0.302 e. The van der Waals surface area contributed by atoms with E-state index in [1.165, 1.54) is 6.92 Å². The molecule has 2 unspecified atom stereocenters. The fourth-order valence-corrected chi connectivity index (χ4v) is 5.51. The third-order valence-corrected chi connectivity index (χ3v) is 7.92. The predicted molar refractivity (Wildman–Crippen MR) is 185 cm³/mol. The highest BCUT2D eigenvalue weighted by Gasteiger charge is 2.51. The molecule has 2 fully saturated rings. The molecule has 2 aliphatic rings. The van der Waals surface area contributed by atoms with Crippen LogP contribution in [0.2, 0.25) is 24.3 Å². The summed E-state index contributed by atoms with van der Waals surface area (Å²) in [5, 5.41) is 0. The molecule has 1 aromatic rings. The van der Waals surface area contributed by atoms with Crippen molar-refractivity contribution in [1.82, 2.24) is 0 Å². The highest BCUT2D eigenvalue weighted by Crippen LogP contribution is 2.41. The largest absolute Gasteiger partial charge is 0.494 e. The first-order valence-electron chi connectivity index (χ1n) is 13.4. The van der Waals surface area contributed by atoms with Crippen molar-refractivity contribution >= 4 is 148 Å². The van der Waals surface area contributed by atoms with Gasteiger partial charge >= 0.3 is 5.97 Å². The minimum Gasteiger partial charge on any atom is -0.494 e. The standard InChI is InChI=1S/C15H18B20O4/c1-10(36)37-7-11-2-14(38-8-12-5-26(12)34(30(20)21)32(24)28(16)17)4-15(3-11)39-9-13-6-27(13)35(31(22)23)33(25)29(18)19/h2-4,12-13H,5-9H2,1H3. The Labute approximate surface area is 252 Å². The lowest BCUT2D eigenvalue weighted by Gasteiger charge is -2.25. The van der Waals surface area contributed by atoms with Gasteiger partial charge < -0.3 is 14.2 Å². The second-order valence-corrected chi connectivity index (χ2v) is 11.2. The number of ether oxygens (including phenoxy) is 3. The van der Waals surface area contributed by atoms with Crippen LogP contribution in [0.3, 0.4) is 0 Å². The van der Waals surface area contributed by atoms with Crippen molar-refractivity contribution in [3.63, 3.8) is 0 Å². The van der Waals surface area contributed by atoms with Gasteiger partial charge in [0.15, 0.2) is 0 Å². The van der Waals surface area contributed by atoms with Crippen LogP contribution in [-0.2, 0) is 16.1 Å². The van der Waals surface area contributed by atoms with E-state index in [-0.39, 0.29) is 50.2 Å². The van der Waals surface area contributed by atoms with Crippen LogP contribution >= 0.6 is 0 Å². The number of carbonyl (C=O) groups excluding carboxylic acids is 1. The second kappa shape index (κ2) is 14.7. The predicted octanol–water partition coefficient (Wildman–Crippen LogP) is -4.50. The van der Waals surface area contributed by atoms with Gasteiger partial charge in [-0.3, -0.25) is 4.79 Å². The molecule has 2 saturated heterocycles. The van der Waals surface area contributed by atoms with E-state index in [4.69, 9.17) is 91.6 Å². The molecule has 0 amide bonds. The molecule has 1 aromatic carbocycles. The number of hydrogen-bond acceptors (Lipinski definition) is 4. The van der Waals surface area contributed by atoms with Gasteiger partial charge in [0.25, 0.3) is 0 Å². The molecule has 0 spiro atoms. The summed E-state index contributed by atoms with van der Waals surface area (Å²) in [5.41, 5.74) is 0.730.